The third-order valence-electron chi connectivity index (χ3n) is 5.39. The topological polar surface area (TPSA) is 105 Å². The first kappa shape index (κ1) is 26.8. The van der Waals surface area contributed by atoms with Crippen molar-refractivity contribution in [2.75, 3.05) is 0 Å². The Hall–Kier alpha value is -3.79. The molecule has 0 aliphatic rings. The Morgan fingerprint density at radius 2 is 1.58 bits per heavy atom. The number of ether oxygens (including phenoxy) is 2. The van der Waals surface area contributed by atoms with Gasteiger partial charge < -0.3 is 25.0 Å². The molecule has 3 aromatic rings. The van der Waals surface area contributed by atoms with Gasteiger partial charge >= 0.3 is 12.3 Å². The minimum atomic E-state index is -4.81. The van der Waals surface area contributed by atoms with Crippen LogP contribution in [0.5, 0.6) is 11.5 Å². The average molecular weight is 505 g/mol. The van der Waals surface area contributed by atoms with Gasteiger partial charge in [-0.1, -0.05) is 51.1 Å². The van der Waals surface area contributed by atoms with Gasteiger partial charge in [-0.2, -0.15) is 0 Å². The summed E-state index contributed by atoms with van der Waals surface area (Å²) in [5.41, 5.74) is 0.370. The molecule has 3 rings (SSSR count). The first-order valence-electron chi connectivity index (χ1n) is 11.0. The number of hydrogen-bond donors (Lipinski definition) is 3. The van der Waals surface area contributed by atoms with Crippen LogP contribution in [0, 0.1) is 5.41 Å². The van der Waals surface area contributed by atoms with Crippen molar-refractivity contribution in [3.63, 3.8) is 0 Å². The second kappa shape index (κ2) is 10.4. The van der Waals surface area contributed by atoms with Crippen molar-refractivity contribution < 1.29 is 42.4 Å². The summed E-state index contributed by atoms with van der Waals surface area (Å²) in [5.74, 6) is -2.10. The summed E-state index contributed by atoms with van der Waals surface area (Å²) in [6, 6.07) is 12.2. The van der Waals surface area contributed by atoms with E-state index in [9.17, 15) is 33.0 Å². The van der Waals surface area contributed by atoms with E-state index in [1.165, 1.54) is 18.2 Å². The number of benzene rings is 3. The standard InChI is InChI=1S/C26H26F3NO6/c1-25(2,3)22(24(33)34)30-23(32)19-11-8-17-7-4-16(13-31)12-20(17)21(19)35-14-15-5-9-18(10-6-15)36-26(27,28)29/h4-12,22,31H,13-14H2,1-3H3,(H,30,32)(H,33,34)/t22-/m1/s1. The van der Waals surface area contributed by atoms with Crippen LogP contribution in [0.1, 0.15) is 42.3 Å². The molecule has 0 saturated heterocycles. The molecule has 36 heavy (non-hydrogen) atoms. The molecule has 1 atom stereocenters. The Balaban J connectivity index is 1.96. The van der Waals surface area contributed by atoms with Crippen LogP contribution in [0.25, 0.3) is 10.8 Å². The SMILES string of the molecule is CC(C)(C)[C@H](NC(=O)c1ccc2ccc(CO)cc2c1OCc1ccc(OC(F)(F)F)cc1)C(=O)O. The van der Waals surface area contributed by atoms with E-state index in [1.807, 2.05) is 0 Å². The summed E-state index contributed by atoms with van der Waals surface area (Å²) in [5, 5.41) is 22.9. The Morgan fingerprint density at radius 1 is 0.972 bits per heavy atom. The van der Waals surface area contributed by atoms with E-state index in [2.05, 4.69) is 10.1 Å². The number of carboxylic acids is 1. The molecule has 0 aliphatic carbocycles. The number of aliphatic hydroxyl groups excluding tert-OH is 1. The molecule has 0 bridgehead atoms. The van der Waals surface area contributed by atoms with E-state index >= 15 is 0 Å². The van der Waals surface area contributed by atoms with Crippen LogP contribution >= 0.6 is 0 Å². The number of hydrogen-bond acceptors (Lipinski definition) is 5. The first-order chi connectivity index (χ1) is 16.8. The summed E-state index contributed by atoms with van der Waals surface area (Å²) in [6.45, 7) is 4.70. The zero-order valence-corrected chi connectivity index (χ0v) is 19.8. The van der Waals surface area contributed by atoms with Crippen molar-refractivity contribution in [2.45, 2.75) is 46.4 Å². The van der Waals surface area contributed by atoms with Crippen LogP contribution in [0.4, 0.5) is 13.2 Å². The summed E-state index contributed by atoms with van der Waals surface area (Å²) >= 11 is 0. The molecule has 3 N–H and O–H groups in total. The summed E-state index contributed by atoms with van der Waals surface area (Å²) in [4.78, 5) is 25.0. The number of carbonyl (C=O) groups is 2. The van der Waals surface area contributed by atoms with Crippen molar-refractivity contribution in [1.82, 2.24) is 5.32 Å². The number of alkyl halides is 3. The fourth-order valence-corrected chi connectivity index (χ4v) is 3.57. The van der Waals surface area contributed by atoms with E-state index in [0.29, 0.717) is 21.9 Å². The number of nitrogens with one attached hydrogen (secondary N) is 1. The lowest BCUT2D eigenvalue weighted by Gasteiger charge is -2.28. The maximum absolute atomic E-state index is 13.2. The normalized spacial score (nSPS) is 12.8. The highest BCUT2D eigenvalue weighted by Gasteiger charge is 2.34. The highest BCUT2D eigenvalue weighted by atomic mass is 19.4. The molecule has 0 heterocycles. The van der Waals surface area contributed by atoms with E-state index < -0.39 is 29.7 Å². The van der Waals surface area contributed by atoms with Crippen LogP contribution in [0.15, 0.2) is 54.6 Å². The Kier molecular flexibility index (Phi) is 7.78. The third-order valence-corrected chi connectivity index (χ3v) is 5.39. The average Bonchev–Trinajstić information content (AvgIpc) is 2.79. The Morgan fingerprint density at radius 3 is 2.14 bits per heavy atom. The fraction of sp³-hybridized carbons (Fsp3) is 0.308. The smallest absolute Gasteiger partial charge is 0.487 e. The van der Waals surface area contributed by atoms with Crippen molar-refractivity contribution in [1.29, 1.82) is 0 Å². The predicted molar refractivity (Wildman–Crippen MR) is 126 cm³/mol. The Bertz CT molecular complexity index is 1250. The molecule has 7 nitrogen and oxygen atoms in total. The minimum absolute atomic E-state index is 0.0742. The zero-order chi connectivity index (χ0) is 26.7. The number of aliphatic carboxylic acids is 1. The highest BCUT2D eigenvalue weighted by Crippen LogP contribution is 2.33. The summed E-state index contributed by atoms with van der Waals surface area (Å²) in [7, 11) is 0. The lowest BCUT2D eigenvalue weighted by Crippen LogP contribution is -2.49. The monoisotopic (exact) mass is 505 g/mol. The number of fused-ring (bicyclic) bond motifs is 1. The number of rotatable bonds is 8. The van der Waals surface area contributed by atoms with Crippen LogP contribution in [-0.2, 0) is 18.0 Å². The lowest BCUT2D eigenvalue weighted by atomic mass is 9.86. The van der Waals surface area contributed by atoms with Gasteiger partial charge in [0.1, 0.15) is 24.1 Å². The minimum Gasteiger partial charge on any atom is -0.487 e. The molecule has 0 unspecified atom stereocenters. The number of aliphatic hydroxyl groups is 1. The molecule has 0 spiro atoms. The molecule has 3 aromatic carbocycles. The highest BCUT2D eigenvalue weighted by molar-refractivity contribution is 6.05. The van der Waals surface area contributed by atoms with Gasteiger partial charge in [-0.15, -0.1) is 13.2 Å². The maximum atomic E-state index is 13.2. The van der Waals surface area contributed by atoms with Gasteiger partial charge in [0, 0.05) is 5.39 Å². The van der Waals surface area contributed by atoms with E-state index in [4.69, 9.17) is 4.74 Å². The van der Waals surface area contributed by atoms with Crippen molar-refractivity contribution in [3.05, 3.63) is 71.3 Å². The zero-order valence-electron chi connectivity index (χ0n) is 19.8. The lowest BCUT2D eigenvalue weighted by molar-refractivity contribution is -0.274. The van der Waals surface area contributed by atoms with Crippen molar-refractivity contribution >= 4 is 22.6 Å². The second-order valence-electron chi connectivity index (χ2n) is 9.25. The molecule has 0 aromatic heterocycles. The molecule has 1 amide bonds. The largest absolute Gasteiger partial charge is 0.573 e. The van der Waals surface area contributed by atoms with Gasteiger partial charge in [0.05, 0.1) is 12.2 Å². The second-order valence-corrected chi connectivity index (χ2v) is 9.25. The quantitative estimate of drug-likeness (QED) is 0.396. The van der Waals surface area contributed by atoms with E-state index in [0.717, 1.165) is 12.1 Å². The van der Waals surface area contributed by atoms with Crippen LogP contribution in [0.2, 0.25) is 0 Å². The van der Waals surface area contributed by atoms with Gasteiger partial charge in [0.2, 0.25) is 0 Å². The molecule has 0 fully saturated rings. The molecule has 10 heteroatoms. The van der Waals surface area contributed by atoms with E-state index in [-0.39, 0.29) is 30.3 Å². The molecule has 0 saturated carbocycles. The first-order valence-corrected chi connectivity index (χ1v) is 11.0. The van der Waals surface area contributed by atoms with Gasteiger partial charge in [-0.05, 0) is 46.2 Å². The molecule has 0 aliphatic heterocycles. The number of carboxylic acid groups (broad SMARTS) is 1. The Labute approximate surface area is 205 Å². The molecular formula is C26H26F3NO6. The summed E-state index contributed by atoms with van der Waals surface area (Å²) in [6.07, 6.45) is -4.81. The van der Waals surface area contributed by atoms with Gasteiger partial charge in [0.25, 0.3) is 5.91 Å². The number of halogens is 3. The van der Waals surface area contributed by atoms with Crippen LogP contribution in [-0.4, -0.2) is 34.5 Å². The van der Waals surface area contributed by atoms with Crippen molar-refractivity contribution in [2.24, 2.45) is 5.41 Å². The third kappa shape index (κ3) is 6.66. The van der Waals surface area contributed by atoms with Crippen LogP contribution in [0.3, 0.4) is 0 Å². The fourth-order valence-electron chi connectivity index (χ4n) is 3.57. The van der Waals surface area contributed by atoms with Gasteiger partial charge in [0.15, 0.2) is 0 Å². The van der Waals surface area contributed by atoms with Crippen molar-refractivity contribution in [3.8, 4) is 11.5 Å². The van der Waals surface area contributed by atoms with E-state index in [1.54, 1.807) is 45.0 Å². The maximum Gasteiger partial charge on any atom is 0.573 e. The van der Waals surface area contributed by atoms with Gasteiger partial charge in [-0.3, -0.25) is 4.79 Å². The molecule has 192 valence electrons. The predicted octanol–water partition coefficient (Wildman–Crippen LogP) is 5.04. The van der Waals surface area contributed by atoms with Gasteiger partial charge in [-0.25, -0.2) is 4.79 Å². The number of amides is 1. The molecular weight excluding hydrogens is 479 g/mol. The summed E-state index contributed by atoms with van der Waals surface area (Å²) < 4.78 is 47.1. The molecule has 0 radical (unpaired) electrons. The van der Waals surface area contributed by atoms with Crippen LogP contribution < -0.4 is 14.8 Å². The number of carbonyl (C=O) groups excluding carboxylic acids is 1.